The van der Waals surface area contributed by atoms with Gasteiger partial charge in [0.2, 0.25) is 0 Å². The average Bonchev–Trinajstić information content (AvgIpc) is 2.72. The van der Waals surface area contributed by atoms with Crippen LogP contribution in [0.5, 0.6) is 5.75 Å². The van der Waals surface area contributed by atoms with E-state index in [4.69, 9.17) is 4.74 Å². The zero-order valence-electron chi connectivity index (χ0n) is 7.79. The molecule has 5 heteroatoms. The topological polar surface area (TPSA) is 52.8 Å². The molecule has 0 aliphatic heterocycles. The van der Waals surface area contributed by atoms with E-state index in [0.717, 1.165) is 11.4 Å². The van der Waals surface area contributed by atoms with Crippen molar-refractivity contribution in [1.82, 2.24) is 20.2 Å². The fraction of sp³-hybridized carbons (Fsp3) is 0.222. The van der Waals surface area contributed by atoms with Crippen LogP contribution in [0.2, 0.25) is 0 Å². The number of nitrogens with zero attached hydrogens (tertiary/aromatic N) is 4. The van der Waals surface area contributed by atoms with Gasteiger partial charge in [-0.2, -0.15) is 0 Å². The quantitative estimate of drug-likeness (QED) is 0.726. The van der Waals surface area contributed by atoms with Crippen molar-refractivity contribution in [3.8, 4) is 11.4 Å². The molecule has 0 fully saturated rings. The first kappa shape index (κ1) is 8.68. The van der Waals surface area contributed by atoms with Crippen molar-refractivity contribution >= 4 is 0 Å². The number of aromatic nitrogens is 4. The van der Waals surface area contributed by atoms with Gasteiger partial charge in [0.25, 0.3) is 0 Å². The number of benzene rings is 1. The average molecular weight is 190 g/mol. The molecule has 0 spiro atoms. The normalized spacial score (nSPS) is 10.1. The molecule has 5 nitrogen and oxygen atoms in total. The Labute approximate surface area is 81.3 Å². The predicted molar refractivity (Wildman–Crippen MR) is 50.3 cm³/mol. The van der Waals surface area contributed by atoms with Gasteiger partial charge in [0.15, 0.2) is 0 Å². The SMILES string of the molecule is CCOc1ccc(-n2cnnn2)cc1. The number of hydrogen-bond acceptors (Lipinski definition) is 4. The highest BCUT2D eigenvalue weighted by molar-refractivity contribution is 5.35. The zero-order chi connectivity index (χ0) is 9.80. The highest BCUT2D eigenvalue weighted by Gasteiger charge is 1.97. The van der Waals surface area contributed by atoms with E-state index >= 15 is 0 Å². The lowest BCUT2D eigenvalue weighted by Crippen LogP contribution is -1.96. The van der Waals surface area contributed by atoms with E-state index in [1.54, 1.807) is 11.0 Å². The molecule has 0 aliphatic carbocycles. The summed E-state index contributed by atoms with van der Waals surface area (Å²) in [5.74, 6) is 0.851. The molecular formula is C9H10N4O. The Hall–Kier alpha value is -1.91. The third-order valence-corrected chi connectivity index (χ3v) is 1.76. The van der Waals surface area contributed by atoms with E-state index in [1.165, 1.54) is 0 Å². The highest BCUT2D eigenvalue weighted by atomic mass is 16.5. The summed E-state index contributed by atoms with van der Waals surface area (Å²) in [6.45, 7) is 2.62. The van der Waals surface area contributed by atoms with Gasteiger partial charge in [-0.05, 0) is 41.6 Å². The first-order chi connectivity index (χ1) is 6.90. The van der Waals surface area contributed by atoms with Crippen LogP contribution >= 0.6 is 0 Å². The molecule has 0 saturated heterocycles. The van der Waals surface area contributed by atoms with Crippen molar-refractivity contribution in [2.24, 2.45) is 0 Å². The lowest BCUT2D eigenvalue weighted by Gasteiger charge is -2.03. The number of ether oxygens (including phenoxy) is 1. The standard InChI is InChI=1S/C9H10N4O/c1-2-14-9-5-3-8(4-6-9)13-7-10-11-12-13/h3-7H,2H2,1H3. The Morgan fingerprint density at radius 2 is 2.07 bits per heavy atom. The first-order valence-electron chi connectivity index (χ1n) is 4.36. The maximum absolute atomic E-state index is 5.32. The largest absolute Gasteiger partial charge is 0.494 e. The maximum atomic E-state index is 5.32. The van der Waals surface area contributed by atoms with E-state index in [9.17, 15) is 0 Å². The summed E-state index contributed by atoms with van der Waals surface area (Å²) in [6, 6.07) is 7.59. The van der Waals surface area contributed by atoms with E-state index < -0.39 is 0 Å². The molecule has 14 heavy (non-hydrogen) atoms. The van der Waals surface area contributed by atoms with Crippen LogP contribution < -0.4 is 4.74 Å². The Bertz CT molecular complexity index is 382. The summed E-state index contributed by atoms with van der Waals surface area (Å²) in [5, 5.41) is 10.9. The van der Waals surface area contributed by atoms with Crippen LogP contribution in [-0.2, 0) is 0 Å². The molecule has 2 aromatic rings. The van der Waals surface area contributed by atoms with Gasteiger partial charge in [0.1, 0.15) is 12.1 Å². The van der Waals surface area contributed by atoms with Gasteiger partial charge < -0.3 is 4.74 Å². The summed E-state index contributed by atoms with van der Waals surface area (Å²) < 4.78 is 6.91. The molecular weight excluding hydrogens is 180 g/mol. The van der Waals surface area contributed by atoms with Gasteiger partial charge in [-0.1, -0.05) is 0 Å². The summed E-state index contributed by atoms with van der Waals surface area (Å²) in [4.78, 5) is 0. The van der Waals surface area contributed by atoms with Gasteiger partial charge in [0.05, 0.1) is 12.3 Å². The Kier molecular flexibility index (Phi) is 2.40. The minimum atomic E-state index is 0.671. The van der Waals surface area contributed by atoms with E-state index in [2.05, 4.69) is 15.5 Å². The van der Waals surface area contributed by atoms with Gasteiger partial charge in [-0.15, -0.1) is 5.10 Å². The predicted octanol–water partition coefficient (Wildman–Crippen LogP) is 1.06. The molecule has 0 bridgehead atoms. The van der Waals surface area contributed by atoms with Crippen LogP contribution in [0.15, 0.2) is 30.6 Å². The van der Waals surface area contributed by atoms with Gasteiger partial charge >= 0.3 is 0 Å². The monoisotopic (exact) mass is 190 g/mol. The lowest BCUT2D eigenvalue weighted by molar-refractivity contribution is 0.340. The van der Waals surface area contributed by atoms with Crippen LogP contribution in [0, 0.1) is 0 Å². The Morgan fingerprint density at radius 1 is 1.29 bits per heavy atom. The minimum absolute atomic E-state index is 0.671. The number of rotatable bonds is 3. The minimum Gasteiger partial charge on any atom is -0.494 e. The second-order valence-corrected chi connectivity index (χ2v) is 2.68. The maximum Gasteiger partial charge on any atom is 0.143 e. The summed E-state index contributed by atoms with van der Waals surface area (Å²) >= 11 is 0. The van der Waals surface area contributed by atoms with Crippen LogP contribution in [0.25, 0.3) is 5.69 Å². The highest BCUT2D eigenvalue weighted by Crippen LogP contribution is 2.13. The molecule has 0 unspecified atom stereocenters. The summed E-state index contributed by atoms with van der Waals surface area (Å²) in [5.41, 5.74) is 0.915. The molecule has 1 aromatic carbocycles. The molecule has 0 atom stereocenters. The van der Waals surface area contributed by atoms with E-state index in [1.807, 2.05) is 31.2 Å². The molecule has 1 aromatic heterocycles. The van der Waals surface area contributed by atoms with Gasteiger partial charge in [-0.3, -0.25) is 0 Å². The smallest absolute Gasteiger partial charge is 0.143 e. The van der Waals surface area contributed by atoms with Crippen LogP contribution in [0.1, 0.15) is 6.92 Å². The Balaban J connectivity index is 2.22. The van der Waals surface area contributed by atoms with E-state index in [-0.39, 0.29) is 0 Å². The third kappa shape index (κ3) is 1.71. The van der Waals surface area contributed by atoms with Crippen molar-refractivity contribution in [3.63, 3.8) is 0 Å². The summed E-state index contributed by atoms with van der Waals surface area (Å²) in [7, 11) is 0. The first-order valence-corrected chi connectivity index (χ1v) is 4.36. The summed E-state index contributed by atoms with van der Waals surface area (Å²) in [6.07, 6.45) is 1.55. The fourth-order valence-electron chi connectivity index (χ4n) is 1.14. The van der Waals surface area contributed by atoms with Crippen molar-refractivity contribution in [2.75, 3.05) is 6.61 Å². The van der Waals surface area contributed by atoms with E-state index in [0.29, 0.717) is 6.61 Å². The molecule has 72 valence electrons. The molecule has 0 saturated carbocycles. The second-order valence-electron chi connectivity index (χ2n) is 2.68. The number of hydrogen-bond donors (Lipinski definition) is 0. The van der Waals surface area contributed by atoms with Crippen molar-refractivity contribution in [3.05, 3.63) is 30.6 Å². The molecule has 2 rings (SSSR count). The lowest BCUT2D eigenvalue weighted by atomic mass is 10.3. The molecule has 0 amide bonds. The zero-order valence-corrected chi connectivity index (χ0v) is 7.79. The van der Waals surface area contributed by atoms with Crippen LogP contribution in [0.4, 0.5) is 0 Å². The van der Waals surface area contributed by atoms with Crippen LogP contribution in [-0.4, -0.2) is 26.8 Å². The van der Waals surface area contributed by atoms with Gasteiger partial charge in [-0.25, -0.2) is 4.68 Å². The molecule has 0 radical (unpaired) electrons. The van der Waals surface area contributed by atoms with Crippen LogP contribution in [0.3, 0.4) is 0 Å². The third-order valence-electron chi connectivity index (χ3n) is 1.76. The molecule has 0 aliphatic rings. The van der Waals surface area contributed by atoms with Gasteiger partial charge in [0, 0.05) is 0 Å². The second kappa shape index (κ2) is 3.87. The fourth-order valence-corrected chi connectivity index (χ4v) is 1.14. The molecule has 1 heterocycles. The van der Waals surface area contributed by atoms with Crippen molar-refractivity contribution in [1.29, 1.82) is 0 Å². The molecule has 0 N–H and O–H groups in total. The van der Waals surface area contributed by atoms with Crippen molar-refractivity contribution in [2.45, 2.75) is 6.92 Å². The Morgan fingerprint density at radius 3 is 2.64 bits per heavy atom. The van der Waals surface area contributed by atoms with Crippen molar-refractivity contribution < 1.29 is 4.74 Å². The number of tetrazole rings is 1.